The number of aromatic nitrogens is 2. The van der Waals surface area contributed by atoms with Crippen LogP contribution < -0.4 is 10.6 Å². The van der Waals surface area contributed by atoms with E-state index in [2.05, 4.69) is 25.3 Å². The lowest BCUT2D eigenvalue weighted by Gasteiger charge is -2.08. The number of nitrogens with zero attached hydrogens (tertiary/aromatic N) is 3. The SMILES string of the molecule is Cc1ccc(-c2ccnc(C(=O)NCC(=O)OC(=O)CNC(=O)c3cc(-c4ccc(C#N)cc4)ccn3)c2)cc1. The van der Waals surface area contributed by atoms with Gasteiger partial charge in [-0.05, 0) is 65.6 Å². The highest BCUT2D eigenvalue weighted by Gasteiger charge is 2.16. The third-order valence-corrected chi connectivity index (χ3v) is 5.73. The molecule has 198 valence electrons. The maximum Gasteiger partial charge on any atom is 0.333 e. The monoisotopic (exact) mass is 533 g/mol. The summed E-state index contributed by atoms with van der Waals surface area (Å²) in [6.07, 6.45) is 2.93. The van der Waals surface area contributed by atoms with Gasteiger partial charge in [-0.15, -0.1) is 0 Å². The molecule has 2 heterocycles. The number of nitriles is 1. The minimum absolute atomic E-state index is 0.0496. The van der Waals surface area contributed by atoms with Gasteiger partial charge >= 0.3 is 11.9 Å². The van der Waals surface area contributed by atoms with Crippen molar-refractivity contribution in [2.24, 2.45) is 0 Å². The van der Waals surface area contributed by atoms with Gasteiger partial charge in [0.05, 0.1) is 11.6 Å². The molecular weight excluding hydrogens is 510 g/mol. The van der Waals surface area contributed by atoms with Crippen molar-refractivity contribution < 1.29 is 23.9 Å². The minimum Gasteiger partial charge on any atom is -0.390 e. The summed E-state index contributed by atoms with van der Waals surface area (Å²) in [6, 6.07) is 23.2. The topological polar surface area (TPSA) is 151 Å². The first-order valence-corrected chi connectivity index (χ1v) is 12.1. The number of hydrogen-bond donors (Lipinski definition) is 2. The summed E-state index contributed by atoms with van der Waals surface area (Å²) in [5.41, 5.74) is 4.92. The molecule has 0 atom stereocenters. The second-order valence-corrected chi connectivity index (χ2v) is 8.63. The molecule has 2 aromatic carbocycles. The second-order valence-electron chi connectivity index (χ2n) is 8.63. The van der Waals surface area contributed by atoms with Crippen molar-refractivity contribution in [3.8, 4) is 28.3 Å². The number of pyridine rings is 2. The Morgan fingerprint density at radius 3 is 1.60 bits per heavy atom. The molecule has 4 aromatic rings. The molecule has 0 bridgehead atoms. The number of amides is 2. The molecule has 0 spiro atoms. The zero-order valence-electron chi connectivity index (χ0n) is 21.4. The molecule has 0 radical (unpaired) electrons. The highest BCUT2D eigenvalue weighted by atomic mass is 16.6. The van der Waals surface area contributed by atoms with Crippen LogP contribution in [-0.2, 0) is 14.3 Å². The quantitative estimate of drug-likeness (QED) is 0.259. The van der Waals surface area contributed by atoms with Gasteiger partial charge in [0.25, 0.3) is 11.8 Å². The molecule has 0 fully saturated rings. The second kappa shape index (κ2) is 12.7. The Hall–Kier alpha value is -5.69. The Bertz CT molecular complexity index is 1610. The number of carbonyl (C=O) groups is 4. The van der Waals surface area contributed by atoms with Crippen LogP contribution in [0.4, 0.5) is 0 Å². The number of esters is 2. The highest BCUT2D eigenvalue weighted by Crippen LogP contribution is 2.21. The summed E-state index contributed by atoms with van der Waals surface area (Å²) in [4.78, 5) is 57.1. The number of carbonyl (C=O) groups excluding carboxylic acids is 4. The summed E-state index contributed by atoms with van der Waals surface area (Å²) in [5.74, 6) is -3.26. The van der Waals surface area contributed by atoms with Gasteiger partial charge in [0, 0.05) is 12.4 Å². The van der Waals surface area contributed by atoms with Crippen molar-refractivity contribution in [2.75, 3.05) is 13.1 Å². The molecule has 40 heavy (non-hydrogen) atoms. The summed E-state index contributed by atoms with van der Waals surface area (Å²) in [5, 5.41) is 13.7. The normalized spacial score (nSPS) is 10.2. The number of hydrogen-bond acceptors (Lipinski definition) is 8. The zero-order valence-corrected chi connectivity index (χ0v) is 21.4. The number of aryl methyl sites for hydroxylation is 1. The van der Waals surface area contributed by atoms with Crippen LogP contribution in [0.25, 0.3) is 22.3 Å². The van der Waals surface area contributed by atoms with Crippen LogP contribution in [0, 0.1) is 18.3 Å². The minimum atomic E-state index is -1.00. The summed E-state index contributed by atoms with van der Waals surface area (Å²) in [6.45, 7) is 0.827. The number of nitrogens with one attached hydrogen (secondary N) is 2. The van der Waals surface area contributed by atoms with E-state index in [1.165, 1.54) is 18.5 Å². The van der Waals surface area contributed by atoms with Crippen molar-refractivity contribution in [3.05, 3.63) is 108 Å². The van der Waals surface area contributed by atoms with Crippen molar-refractivity contribution in [3.63, 3.8) is 0 Å². The molecule has 4 rings (SSSR count). The molecule has 10 nitrogen and oxygen atoms in total. The Balaban J connectivity index is 1.25. The van der Waals surface area contributed by atoms with Gasteiger partial charge in [-0.3, -0.25) is 19.6 Å². The molecule has 2 aromatic heterocycles. The van der Waals surface area contributed by atoms with E-state index in [-0.39, 0.29) is 11.4 Å². The molecule has 0 saturated heterocycles. The Morgan fingerprint density at radius 2 is 1.15 bits per heavy atom. The van der Waals surface area contributed by atoms with E-state index < -0.39 is 36.8 Å². The fourth-order valence-corrected chi connectivity index (χ4v) is 3.64. The zero-order chi connectivity index (χ0) is 28.5. The van der Waals surface area contributed by atoms with Gasteiger partial charge in [-0.1, -0.05) is 42.0 Å². The maximum atomic E-state index is 12.5. The van der Waals surface area contributed by atoms with E-state index in [4.69, 9.17) is 5.26 Å². The first-order chi connectivity index (χ1) is 19.3. The average Bonchev–Trinajstić information content (AvgIpc) is 2.99. The van der Waals surface area contributed by atoms with Gasteiger partial charge < -0.3 is 15.4 Å². The van der Waals surface area contributed by atoms with Crippen molar-refractivity contribution in [1.82, 2.24) is 20.6 Å². The Labute approximate surface area is 229 Å². The molecule has 2 amide bonds. The first-order valence-electron chi connectivity index (χ1n) is 12.1. The number of ether oxygens (including phenoxy) is 1. The standard InChI is InChI=1S/C30H23N5O5/c1-19-2-6-21(7-3-19)23-10-12-32-25(14-23)29(38)34-17-27(36)40-28(37)18-35-30(39)26-15-24(11-13-33-26)22-8-4-20(16-31)5-9-22/h2-15H,17-18H2,1H3,(H,34,38)(H,35,39). The average molecular weight is 534 g/mol. The largest absolute Gasteiger partial charge is 0.390 e. The molecular formula is C30H23N5O5. The molecule has 10 heteroatoms. The van der Waals surface area contributed by atoms with Crippen molar-refractivity contribution in [2.45, 2.75) is 6.92 Å². The van der Waals surface area contributed by atoms with Crippen LogP contribution in [0.1, 0.15) is 32.1 Å². The van der Waals surface area contributed by atoms with E-state index >= 15 is 0 Å². The van der Waals surface area contributed by atoms with Gasteiger partial charge in [0.15, 0.2) is 0 Å². The smallest absolute Gasteiger partial charge is 0.333 e. The number of rotatable bonds is 8. The lowest BCUT2D eigenvalue weighted by atomic mass is 10.0. The van der Waals surface area contributed by atoms with Crippen molar-refractivity contribution in [1.29, 1.82) is 5.26 Å². The van der Waals surface area contributed by atoms with E-state index in [0.29, 0.717) is 11.1 Å². The third-order valence-electron chi connectivity index (χ3n) is 5.73. The fourth-order valence-electron chi connectivity index (χ4n) is 3.64. The maximum absolute atomic E-state index is 12.5. The van der Waals surface area contributed by atoms with E-state index in [0.717, 1.165) is 22.3 Å². The van der Waals surface area contributed by atoms with Crippen LogP contribution in [0.5, 0.6) is 0 Å². The van der Waals surface area contributed by atoms with Gasteiger partial charge in [0.1, 0.15) is 24.5 Å². The number of benzene rings is 2. The molecule has 2 N–H and O–H groups in total. The van der Waals surface area contributed by atoms with Crippen LogP contribution in [0.2, 0.25) is 0 Å². The molecule has 0 saturated carbocycles. The summed E-state index contributed by atoms with van der Waals surface area (Å²) >= 11 is 0. The lowest BCUT2D eigenvalue weighted by molar-refractivity contribution is -0.158. The van der Waals surface area contributed by atoms with Crippen molar-refractivity contribution >= 4 is 23.8 Å². The highest BCUT2D eigenvalue weighted by molar-refractivity contribution is 5.98. The molecule has 0 unspecified atom stereocenters. The molecule has 0 aliphatic carbocycles. The lowest BCUT2D eigenvalue weighted by Crippen LogP contribution is -2.36. The fraction of sp³-hybridized carbons (Fsp3) is 0.100. The van der Waals surface area contributed by atoms with Crippen LogP contribution in [-0.4, -0.2) is 46.8 Å². The van der Waals surface area contributed by atoms with E-state index in [1.54, 1.807) is 42.5 Å². The van der Waals surface area contributed by atoms with Crippen LogP contribution >= 0.6 is 0 Å². The predicted molar refractivity (Wildman–Crippen MR) is 145 cm³/mol. The van der Waals surface area contributed by atoms with E-state index in [1.807, 2.05) is 37.3 Å². The molecule has 0 aliphatic rings. The van der Waals surface area contributed by atoms with E-state index in [9.17, 15) is 19.2 Å². The summed E-state index contributed by atoms with van der Waals surface area (Å²) in [7, 11) is 0. The summed E-state index contributed by atoms with van der Waals surface area (Å²) < 4.78 is 4.67. The third kappa shape index (κ3) is 7.20. The Morgan fingerprint density at radius 1 is 0.700 bits per heavy atom. The first kappa shape index (κ1) is 27.3. The molecule has 0 aliphatic heterocycles. The van der Waals surface area contributed by atoms with Crippen LogP contribution in [0.15, 0.2) is 85.2 Å². The van der Waals surface area contributed by atoms with Gasteiger partial charge in [0.2, 0.25) is 0 Å². The Kier molecular flexibility index (Phi) is 8.69. The van der Waals surface area contributed by atoms with Crippen LogP contribution in [0.3, 0.4) is 0 Å². The predicted octanol–water partition coefficient (Wildman–Crippen LogP) is 3.22. The van der Waals surface area contributed by atoms with Gasteiger partial charge in [-0.25, -0.2) is 9.59 Å². The van der Waals surface area contributed by atoms with Gasteiger partial charge in [-0.2, -0.15) is 5.26 Å².